The Morgan fingerprint density at radius 3 is 0.852 bits per heavy atom. The summed E-state index contributed by atoms with van der Waals surface area (Å²) in [6, 6.07) is 0. The lowest BCUT2D eigenvalue weighted by Gasteiger charge is -2.18. The predicted molar refractivity (Wildman–Crippen MR) is 261 cm³/mol. The summed E-state index contributed by atoms with van der Waals surface area (Å²) in [7, 11) is 0. The average Bonchev–Trinajstić information content (AvgIpc) is 3.23. The number of hydrogen-bond acceptors (Lipinski definition) is 6. The molecule has 0 saturated heterocycles. The molecule has 0 bridgehead atoms. The van der Waals surface area contributed by atoms with Crippen LogP contribution in [-0.4, -0.2) is 37.2 Å². The van der Waals surface area contributed by atoms with Gasteiger partial charge in [0, 0.05) is 19.3 Å². The molecule has 0 fully saturated rings. The molecule has 6 heteroatoms. The first kappa shape index (κ1) is 59.4. The summed E-state index contributed by atoms with van der Waals surface area (Å²) < 4.78 is 16.8. The van der Waals surface area contributed by atoms with E-state index >= 15 is 0 Å². The maximum absolute atomic E-state index is 12.8. The van der Waals surface area contributed by atoms with E-state index in [1.165, 1.54) is 180 Å². The second-order valence-corrected chi connectivity index (χ2v) is 20.1. The number of carbonyl (C=O) groups is 3. The van der Waals surface area contributed by atoms with Crippen LogP contribution in [0.5, 0.6) is 0 Å². The van der Waals surface area contributed by atoms with Crippen LogP contribution in [0, 0.1) is 17.8 Å². The van der Waals surface area contributed by atoms with Gasteiger partial charge in [-0.15, -0.1) is 0 Å². The van der Waals surface area contributed by atoms with Crippen molar-refractivity contribution in [1.82, 2.24) is 0 Å². The van der Waals surface area contributed by atoms with Gasteiger partial charge >= 0.3 is 17.9 Å². The Labute approximate surface area is 380 Å². The van der Waals surface area contributed by atoms with E-state index in [4.69, 9.17) is 14.2 Å². The minimum atomic E-state index is -0.763. The molecule has 0 aromatic rings. The van der Waals surface area contributed by atoms with Crippen molar-refractivity contribution in [1.29, 1.82) is 0 Å². The highest BCUT2D eigenvalue weighted by molar-refractivity contribution is 5.71. The first-order valence-electron chi connectivity index (χ1n) is 27.1. The van der Waals surface area contributed by atoms with Gasteiger partial charge in [0.1, 0.15) is 13.2 Å². The van der Waals surface area contributed by atoms with Crippen LogP contribution in [0.15, 0.2) is 0 Å². The lowest BCUT2D eigenvalue weighted by atomic mass is 9.99. The summed E-state index contributed by atoms with van der Waals surface area (Å²) in [6.07, 6.45) is 46.5. The maximum Gasteiger partial charge on any atom is 0.306 e. The van der Waals surface area contributed by atoms with E-state index in [0.717, 1.165) is 75.5 Å². The second-order valence-electron chi connectivity index (χ2n) is 20.1. The SMILES string of the molecule is CCC(C)CCCCCCCCCCCCC(=O)O[C@H](COC(=O)CCCCCCCCCCCCCCC(C)C)COC(=O)CCCCCCCCCCCCCC(C)C. The van der Waals surface area contributed by atoms with Crippen LogP contribution in [0.4, 0.5) is 0 Å². The quantitative estimate of drug-likeness (QED) is 0.0344. The fourth-order valence-electron chi connectivity index (χ4n) is 8.26. The molecule has 0 amide bonds. The van der Waals surface area contributed by atoms with Gasteiger partial charge in [-0.25, -0.2) is 0 Å². The number of hydrogen-bond donors (Lipinski definition) is 0. The molecule has 0 aliphatic rings. The number of unbranched alkanes of at least 4 members (excludes halogenated alkanes) is 30. The largest absolute Gasteiger partial charge is 0.462 e. The summed E-state index contributed by atoms with van der Waals surface area (Å²) in [4.78, 5) is 38.0. The van der Waals surface area contributed by atoms with Crippen molar-refractivity contribution < 1.29 is 28.6 Å². The molecule has 1 unspecified atom stereocenters. The van der Waals surface area contributed by atoms with Gasteiger partial charge < -0.3 is 14.2 Å². The standard InChI is InChI=1S/C55H106O6/c1-7-51(6)43-37-31-25-19-15-16-22-28-34-40-46-55(58)61-52(48-60-54(57)45-39-33-27-21-14-10-12-18-24-30-36-42-50(4)5)47-59-53(56)44-38-32-26-20-13-9-8-11-17-23-29-35-41-49(2)3/h49-52H,7-48H2,1-6H3/t51?,52-/m1/s1. The van der Waals surface area contributed by atoms with Gasteiger partial charge in [0.25, 0.3) is 0 Å². The van der Waals surface area contributed by atoms with Crippen molar-refractivity contribution >= 4 is 17.9 Å². The molecule has 6 nitrogen and oxygen atoms in total. The fourth-order valence-corrected chi connectivity index (χ4v) is 8.26. The predicted octanol–water partition coefficient (Wildman–Crippen LogP) is 17.6. The molecule has 2 atom stereocenters. The third-order valence-electron chi connectivity index (χ3n) is 12.8. The van der Waals surface area contributed by atoms with Gasteiger partial charge in [0.15, 0.2) is 6.10 Å². The van der Waals surface area contributed by atoms with E-state index in [0.29, 0.717) is 19.3 Å². The van der Waals surface area contributed by atoms with E-state index in [9.17, 15) is 14.4 Å². The number of carbonyl (C=O) groups excluding carboxylic acids is 3. The first-order chi connectivity index (χ1) is 29.6. The third kappa shape index (κ3) is 47.7. The van der Waals surface area contributed by atoms with Crippen LogP contribution in [0.25, 0.3) is 0 Å². The maximum atomic E-state index is 12.8. The van der Waals surface area contributed by atoms with E-state index in [1.54, 1.807) is 0 Å². The molecule has 0 aliphatic carbocycles. The molecule has 0 rings (SSSR count). The average molecular weight is 863 g/mol. The monoisotopic (exact) mass is 863 g/mol. The lowest BCUT2D eigenvalue weighted by molar-refractivity contribution is -0.167. The Hall–Kier alpha value is -1.59. The number of esters is 3. The van der Waals surface area contributed by atoms with Crippen LogP contribution in [-0.2, 0) is 28.6 Å². The lowest BCUT2D eigenvalue weighted by Crippen LogP contribution is -2.30. The van der Waals surface area contributed by atoms with Crippen LogP contribution >= 0.6 is 0 Å². The highest BCUT2D eigenvalue weighted by atomic mass is 16.6. The van der Waals surface area contributed by atoms with Crippen molar-refractivity contribution in [2.24, 2.45) is 17.8 Å². The highest BCUT2D eigenvalue weighted by Gasteiger charge is 2.19. The summed E-state index contributed by atoms with van der Waals surface area (Å²) in [5.74, 6) is 1.68. The van der Waals surface area contributed by atoms with Crippen LogP contribution in [0.1, 0.15) is 298 Å². The van der Waals surface area contributed by atoms with Crippen molar-refractivity contribution in [3.05, 3.63) is 0 Å². The van der Waals surface area contributed by atoms with Gasteiger partial charge in [-0.05, 0) is 37.0 Å². The normalized spacial score (nSPS) is 12.6. The molecule has 0 N–H and O–H groups in total. The van der Waals surface area contributed by atoms with E-state index < -0.39 is 6.10 Å². The Kier molecular flexibility index (Phi) is 45.2. The summed E-state index contributed by atoms with van der Waals surface area (Å²) in [6.45, 7) is 13.8. The minimum absolute atomic E-state index is 0.0643. The molecule has 0 aromatic carbocycles. The smallest absolute Gasteiger partial charge is 0.306 e. The molecular weight excluding hydrogens is 757 g/mol. The summed E-state index contributed by atoms with van der Waals surface area (Å²) in [5, 5.41) is 0. The zero-order valence-electron chi connectivity index (χ0n) is 42.0. The Morgan fingerprint density at radius 1 is 0.328 bits per heavy atom. The molecule has 0 heterocycles. The van der Waals surface area contributed by atoms with Crippen molar-refractivity contribution in [2.75, 3.05) is 13.2 Å². The van der Waals surface area contributed by atoms with Gasteiger partial charge in [-0.2, -0.15) is 0 Å². The van der Waals surface area contributed by atoms with E-state index in [1.807, 2.05) is 0 Å². The van der Waals surface area contributed by atoms with Crippen LogP contribution in [0.3, 0.4) is 0 Å². The first-order valence-corrected chi connectivity index (χ1v) is 27.1. The fraction of sp³-hybridized carbons (Fsp3) is 0.945. The zero-order valence-corrected chi connectivity index (χ0v) is 42.0. The van der Waals surface area contributed by atoms with E-state index in [2.05, 4.69) is 41.5 Å². The zero-order chi connectivity index (χ0) is 44.9. The molecule has 0 spiro atoms. The molecule has 0 aromatic heterocycles. The Balaban J connectivity index is 4.33. The van der Waals surface area contributed by atoms with E-state index in [-0.39, 0.29) is 31.1 Å². The minimum Gasteiger partial charge on any atom is -0.462 e. The molecule has 0 radical (unpaired) electrons. The third-order valence-corrected chi connectivity index (χ3v) is 12.8. The van der Waals surface area contributed by atoms with Crippen LogP contribution < -0.4 is 0 Å². The van der Waals surface area contributed by atoms with Crippen LogP contribution in [0.2, 0.25) is 0 Å². The number of ether oxygens (including phenoxy) is 3. The number of rotatable bonds is 48. The van der Waals surface area contributed by atoms with Gasteiger partial charge in [-0.3, -0.25) is 14.4 Å². The second kappa shape index (κ2) is 46.4. The highest BCUT2D eigenvalue weighted by Crippen LogP contribution is 2.18. The summed E-state index contributed by atoms with van der Waals surface area (Å²) >= 11 is 0. The van der Waals surface area contributed by atoms with Gasteiger partial charge in [-0.1, -0.05) is 260 Å². The van der Waals surface area contributed by atoms with Crippen molar-refractivity contribution in [2.45, 2.75) is 304 Å². The van der Waals surface area contributed by atoms with Crippen molar-refractivity contribution in [3.8, 4) is 0 Å². The molecule has 61 heavy (non-hydrogen) atoms. The molecule has 0 aliphatic heterocycles. The Morgan fingerprint density at radius 2 is 0.574 bits per heavy atom. The summed E-state index contributed by atoms with van der Waals surface area (Å²) in [5.41, 5.74) is 0. The Bertz CT molecular complexity index is 947. The molecule has 0 saturated carbocycles. The molecule has 362 valence electrons. The van der Waals surface area contributed by atoms with Gasteiger partial charge in [0.2, 0.25) is 0 Å². The van der Waals surface area contributed by atoms with Gasteiger partial charge in [0.05, 0.1) is 0 Å². The van der Waals surface area contributed by atoms with Crippen molar-refractivity contribution in [3.63, 3.8) is 0 Å². The molecular formula is C55H106O6. The topological polar surface area (TPSA) is 78.9 Å².